The molecule has 0 amide bonds. The lowest BCUT2D eigenvalue weighted by molar-refractivity contribution is -0.149. The Morgan fingerprint density at radius 1 is 1.10 bits per heavy atom. The molecule has 6 heteroatoms. The number of ketones is 1. The number of rotatable bonds is 4. The van der Waals surface area contributed by atoms with Crippen molar-refractivity contribution in [1.82, 2.24) is 0 Å². The third-order valence-electron chi connectivity index (χ3n) is 2.17. The third kappa shape index (κ3) is 7.27. The van der Waals surface area contributed by atoms with E-state index >= 15 is 0 Å². The molecule has 1 aromatic carbocycles. The lowest BCUT2D eigenvalue weighted by Crippen LogP contribution is -2.16. The number of Topliss-reactive ketones (excluding diaryl/α,β-unsaturated/α-hetero) is 1. The van der Waals surface area contributed by atoms with E-state index in [-0.39, 0.29) is 12.2 Å². The highest BCUT2D eigenvalue weighted by molar-refractivity contribution is 6.05. The van der Waals surface area contributed by atoms with Crippen molar-refractivity contribution in [3.8, 4) is 0 Å². The molecule has 1 atom stereocenters. The summed E-state index contributed by atoms with van der Waals surface area (Å²) in [5, 5.41) is 8.35. The van der Waals surface area contributed by atoms with Crippen LogP contribution in [0.2, 0.25) is 0 Å². The van der Waals surface area contributed by atoms with Crippen LogP contribution in [0.4, 0.5) is 0 Å². The normalized spacial score (nSPS) is 10.6. The number of benzene rings is 1. The van der Waals surface area contributed by atoms with Gasteiger partial charge in [-0.2, -0.15) is 0 Å². The standard InChI is InChI=1S/C10H10O3.C4H8O3/c1-13-10(12)7-9(11)8-5-3-2-4-6-8;1-3(5)4(6)7-2/h2-6H,7H2,1H3;3,5H,1-2H3/t;3-/m.0/s1. The Morgan fingerprint density at radius 2 is 1.65 bits per heavy atom. The van der Waals surface area contributed by atoms with Crippen molar-refractivity contribution in [2.24, 2.45) is 0 Å². The molecule has 0 unspecified atom stereocenters. The molecule has 1 aromatic rings. The minimum atomic E-state index is -0.995. The van der Waals surface area contributed by atoms with Crippen molar-refractivity contribution in [3.05, 3.63) is 35.9 Å². The van der Waals surface area contributed by atoms with E-state index in [1.165, 1.54) is 21.1 Å². The Kier molecular flexibility index (Phi) is 8.61. The first-order valence-electron chi connectivity index (χ1n) is 5.83. The zero-order valence-corrected chi connectivity index (χ0v) is 11.7. The number of carbonyl (C=O) groups is 3. The molecule has 0 heterocycles. The molecule has 0 radical (unpaired) electrons. The van der Waals surface area contributed by atoms with Crippen molar-refractivity contribution in [2.45, 2.75) is 19.4 Å². The quantitative estimate of drug-likeness (QED) is 0.503. The summed E-state index contributed by atoms with van der Waals surface area (Å²) in [6.07, 6.45) is -1.19. The van der Waals surface area contributed by atoms with Crippen LogP contribution in [0.15, 0.2) is 30.3 Å². The lowest BCUT2D eigenvalue weighted by Gasteiger charge is -1.98. The van der Waals surface area contributed by atoms with Crippen LogP contribution in [-0.2, 0) is 19.1 Å². The smallest absolute Gasteiger partial charge is 0.334 e. The molecule has 0 fully saturated rings. The van der Waals surface area contributed by atoms with Crippen molar-refractivity contribution in [3.63, 3.8) is 0 Å². The van der Waals surface area contributed by atoms with E-state index in [0.717, 1.165) is 0 Å². The van der Waals surface area contributed by atoms with Crippen LogP contribution in [0.25, 0.3) is 0 Å². The second-order valence-electron chi connectivity index (χ2n) is 3.74. The van der Waals surface area contributed by atoms with Gasteiger partial charge in [0.05, 0.1) is 14.2 Å². The largest absolute Gasteiger partial charge is 0.469 e. The number of aliphatic hydroxyl groups excluding tert-OH is 1. The SMILES string of the molecule is COC(=O)CC(=O)c1ccccc1.COC(=O)[C@H](C)O. The second kappa shape index (κ2) is 9.69. The first-order valence-corrected chi connectivity index (χ1v) is 5.83. The highest BCUT2D eigenvalue weighted by atomic mass is 16.5. The van der Waals surface area contributed by atoms with Crippen LogP contribution in [0, 0.1) is 0 Å². The van der Waals surface area contributed by atoms with E-state index in [1.54, 1.807) is 24.3 Å². The average molecular weight is 282 g/mol. The maximum Gasteiger partial charge on any atom is 0.334 e. The zero-order valence-electron chi connectivity index (χ0n) is 11.7. The van der Waals surface area contributed by atoms with E-state index in [2.05, 4.69) is 9.47 Å². The molecule has 0 aromatic heterocycles. The number of methoxy groups -OCH3 is 2. The molecular formula is C14H18O6. The van der Waals surface area contributed by atoms with E-state index in [9.17, 15) is 14.4 Å². The van der Waals surface area contributed by atoms with Crippen LogP contribution < -0.4 is 0 Å². The predicted octanol–water partition coefficient (Wildman–Crippen LogP) is 0.973. The first kappa shape index (κ1) is 17.8. The highest BCUT2D eigenvalue weighted by Gasteiger charge is 2.10. The average Bonchev–Trinajstić information content (AvgIpc) is 2.47. The van der Waals surface area contributed by atoms with Crippen LogP contribution in [-0.4, -0.2) is 43.2 Å². The molecule has 0 aliphatic heterocycles. The minimum Gasteiger partial charge on any atom is -0.469 e. The summed E-state index contributed by atoms with van der Waals surface area (Å²) in [5.41, 5.74) is 0.535. The van der Waals surface area contributed by atoms with Gasteiger partial charge in [-0.3, -0.25) is 9.59 Å². The van der Waals surface area contributed by atoms with Crippen molar-refractivity contribution >= 4 is 17.7 Å². The van der Waals surface area contributed by atoms with E-state index in [1.807, 2.05) is 6.07 Å². The summed E-state index contributed by atoms with van der Waals surface area (Å²) in [6, 6.07) is 8.67. The van der Waals surface area contributed by atoms with Gasteiger partial charge in [-0.05, 0) is 6.92 Å². The number of hydrogen-bond donors (Lipinski definition) is 1. The molecule has 1 N–H and O–H groups in total. The molecule has 20 heavy (non-hydrogen) atoms. The summed E-state index contributed by atoms with van der Waals surface area (Å²) in [6.45, 7) is 1.35. The summed E-state index contributed by atoms with van der Waals surface area (Å²) in [4.78, 5) is 32.1. The number of ether oxygens (including phenoxy) is 2. The van der Waals surface area contributed by atoms with Crippen LogP contribution in [0.1, 0.15) is 23.7 Å². The molecule has 110 valence electrons. The Bertz CT molecular complexity index is 438. The Hall–Kier alpha value is -2.21. The van der Waals surface area contributed by atoms with Crippen LogP contribution in [0.5, 0.6) is 0 Å². The zero-order chi connectivity index (χ0) is 15.5. The molecule has 0 aliphatic rings. The third-order valence-corrected chi connectivity index (χ3v) is 2.17. The Balaban J connectivity index is 0.000000441. The molecule has 0 spiro atoms. The molecule has 6 nitrogen and oxygen atoms in total. The van der Waals surface area contributed by atoms with Gasteiger partial charge in [-0.25, -0.2) is 4.79 Å². The van der Waals surface area contributed by atoms with E-state index in [0.29, 0.717) is 5.56 Å². The van der Waals surface area contributed by atoms with Gasteiger partial charge in [0.15, 0.2) is 5.78 Å². The van der Waals surface area contributed by atoms with Gasteiger partial charge in [-0.1, -0.05) is 30.3 Å². The fraction of sp³-hybridized carbons (Fsp3) is 0.357. The van der Waals surface area contributed by atoms with Crippen LogP contribution >= 0.6 is 0 Å². The fourth-order valence-corrected chi connectivity index (χ4v) is 1.10. The topological polar surface area (TPSA) is 89.9 Å². The van der Waals surface area contributed by atoms with Gasteiger partial charge >= 0.3 is 11.9 Å². The predicted molar refractivity (Wildman–Crippen MR) is 71.1 cm³/mol. The van der Waals surface area contributed by atoms with E-state index < -0.39 is 18.0 Å². The Morgan fingerprint density at radius 3 is 2.00 bits per heavy atom. The number of esters is 2. The van der Waals surface area contributed by atoms with Crippen LogP contribution in [0.3, 0.4) is 0 Å². The van der Waals surface area contributed by atoms with E-state index in [4.69, 9.17) is 5.11 Å². The number of carbonyl (C=O) groups excluding carboxylic acids is 3. The maximum absolute atomic E-state index is 11.3. The second-order valence-corrected chi connectivity index (χ2v) is 3.74. The Labute approximate surface area is 117 Å². The number of aliphatic hydroxyl groups is 1. The fourth-order valence-electron chi connectivity index (χ4n) is 1.10. The molecule has 0 saturated heterocycles. The molecule has 1 rings (SSSR count). The summed E-state index contributed by atoms with van der Waals surface area (Å²) >= 11 is 0. The van der Waals surface area contributed by atoms with Gasteiger partial charge < -0.3 is 14.6 Å². The van der Waals surface area contributed by atoms with Gasteiger partial charge in [0.1, 0.15) is 12.5 Å². The van der Waals surface area contributed by atoms with Gasteiger partial charge in [0.25, 0.3) is 0 Å². The summed E-state index contributed by atoms with van der Waals surface area (Å²) in [7, 11) is 2.50. The van der Waals surface area contributed by atoms with Gasteiger partial charge in [0, 0.05) is 5.56 Å². The van der Waals surface area contributed by atoms with Crippen molar-refractivity contribution in [1.29, 1.82) is 0 Å². The van der Waals surface area contributed by atoms with Gasteiger partial charge in [0.2, 0.25) is 0 Å². The van der Waals surface area contributed by atoms with Gasteiger partial charge in [-0.15, -0.1) is 0 Å². The molecule has 0 bridgehead atoms. The molecular weight excluding hydrogens is 264 g/mol. The minimum absolute atomic E-state index is 0.194. The maximum atomic E-state index is 11.3. The highest BCUT2D eigenvalue weighted by Crippen LogP contribution is 2.03. The summed E-state index contributed by atoms with van der Waals surface area (Å²) in [5.74, 6) is -1.32. The lowest BCUT2D eigenvalue weighted by atomic mass is 10.1. The monoisotopic (exact) mass is 282 g/mol. The first-order chi connectivity index (χ1) is 9.42. The van der Waals surface area contributed by atoms with Crippen molar-refractivity contribution < 1.29 is 29.0 Å². The molecule has 0 saturated carbocycles. The molecule has 0 aliphatic carbocycles. The van der Waals surface area contributed by atoms with Crippen molar-refractivity contribution in [2.75, 3.05) is 14.2 Å². The summed E-state index contributed by atoms with van der Waals surface area (Å²) < 4.78 is 8.51. The number of hydrogen-bond acceptors (Lipinski definition) is 6.